The topological polar surface area (TPSA) is 185 Å². The molecule has 3 radical (unpaired) electrons. The van der Waals surface area contributed by atoms with Gasteiger partial charge in [-0.05, 0) is 82.4 Å². The van der Waals surface area contributed by atoms with Crippen LogP contribution < -0.4 is 40.6 Å². The first-order valence-electron chi connectivity index (χ1n) is 20.0. The van der Waals surface area contributed by atoms with E-state index in [1.54, 1.807) is 48.9 Å². The third kappa shape index (κ3) is 19.1. The first-order chi connectivity index (χ1) is 32.3. The van der Waals surface area contributed by atoms with Crippen LogP contribution in [0.5, 0.6) is 0 Å². The second-order valence-corrected chi connectivity index (χ2v) is 14.2. The van der Waals surface area contributed by atoms with E-state index in [2.05, 4.69) is 47.7 Å². The van der Waals surface area contributed by atoms with Crippen LogP contribution in [0.15, 0.2) is 144 Å². The summed E-state index contributed by atoms with van der Waals surface area (Å²) in [6.45, 7) is 4.12. The fourth-order valence-corrected chi connectivity index (χ4v) is 5.95. The van der Waals surface area contributed by atoms with E-state index in [-0.39, 0.29) is 37.0 Å². The fraction of sp³-hybridized carbons (Fsp3) is 0.184. The zero-order chi connectivity index (χ0) is 49.9. The number of alkyl halides is 6. The molecule has 0 fully saturated rings. The molecule has 2 aliphatic heterocycles. The van der Waals surface area contributed by atoms with E-state index in [0.29, 0.717) is 58.9 Å². The van der Waals surface area contributed by atoms with Crippen LogP contribution in [-0.4, -0.2) is 53.6 Å². The summed E-state index contributed by atoms with van der Waals surface area (Å²) in [5, 5.41) is 3.34. The van der Waals surface area contributed by atoms with Crippen molar-refractivity contribution in [3.05, 3.63) is 178 Å². The zero-order valence-corrected chi connectivity index (χ0v) is 39.5. The summed E-state index contributed by atoms with van der Waals surface area (Å²) in [6, 6.07) is 29.1. The Balaban J connectivity index is 0.000000341. The standard InChI is InChI=1S/C21H16F3N3.C15H11F3N2.C6H5NO.C4H6O4.C2H3BO2.CH4.Na/c22-21(23,24)17-7-1-5-15(10-17)19-11-16-6-2-8-18(20(16)27-19)26-13-14-4-3-9-25-12-14;16-15(17,18)11-5-1-3-9(7-11)13-8-10-4-2-6-12(19)14(10)20-13;8-5-6-2-1-3-7-4-6;1-3(5)7-8-4(2)6;1-2(4)5-3;;/h1-10,12,26H,11,13H2;1-7H,8,19H2;1-5H;1-2H3;1H3;1H4;/q;;;;-1;;+1. The third-order valence-electron chi connectivity index (χ3n) is 8.99. The van der Waals surface area contributed by atoms with Crippen LogP contribution in [0.2, 0.25) is 0 Å². The van der Waals surface area contributed by atoms with Crippen LogP contribution in [0, 0.1) is 0 Å². The molecule has 0 bridgehead atoms. The molecule has 8 rings (SSSR count). The number of rotatable bonds is 6. The predicted octanol–water partition coefficient (Wildman–Crippen LogP) is 7.55. The van der Waals surface area contributed by atoms with Crippen molar-refractivity contribution in [2.75, 3.05) is 11.1 Å². The van der Waals surface area contributed by atoms with Crippen molar-refractivity contribution in [3.8, 4) is 0 Å². The maximum absolute atomic E-state index is 13.0. The second kappa shape index (κ2) is 28.4. The molecule has 21 heteroatoms. The average molecular weight is 978 g/mol. The Labute approximate surface area is 423 Å². The van der Waals surface area contributed by atoms with E-state index >= 15 is 0 Å². The van der Waals surface area contributed by atoms with Crippen molar-refractivity contribution >= 4 is 66.4 Å². The van der Waals surface area contributed by atoms with Gasteiger partial charge in [0.15, 0.2) is 6.29 Å². The number of nitrogens with zero attached hydrogens (tertiary/aromatic N) is 4. The summed E-state index contributed by atoms with van der Waals surface area (Å²) in [5.74, 6) is -1.74. The van der Waals surface area contributed by atoms with Gasteiger partial charge in [0, 0.05) is 70.5 Å². The number of anilines is 2. The van der Waals surface area contributed by atoms with Crippen molar-refractivity contribution in [2.45, 2.75) is 59.9 Å². The van der Waals surface area contributed by atoms with Crippen molar-refractivity contribution in [3.63, 3.8) is 0 Å². The number of para-hydroxylation sites is 2. The van der Waals surface area contributed by atoms with Crippen LogP contribution in [0.3, 0.4) is 0 Å². The van der Waals surface area contributed by atoms with Gasteiger partial charge in [-0.2, -0.15) is 26.3 Å². The molecule has 2 aromatic heterocycles. The molecule has 0 saturated carbocycles. The van der Waals surface area contributed by atoms with Gasteiger partial charge < -0.3 is 23.8 Å². The Kier molecular flexibility index (Phi) is 23.9. The number of nitrogen functional groups attached to an aromatic ring is 1. The third-order valence-corrected chi connectivity index (χ3v) is 8.99. The van der Waals surface area contributed by atoms with Gasteiger partial charge in [0.25, 0.3) is 0 Å². The number of carbonyl (C=O) groups excluding carboxylic acids is 4. The Bertz CT molecular complexity index is 2730. The van der Waals surface area contributed by atoms with E-state index in [1.807, 2.05) is 42.5 Å². The van der Waals surface area contributed by atoms with Gasteiger partial charge in [0.1, 0.15) is 0 Å². The molecule has 359 valence electrons. The molecule has 0 saturated heterocycles. The van der Waals surface area contributed by atoms with E-state index in [9.17, 15) is 45.5 Å². The minimum Gasteiger partial charge on any atom is -0.793 e. The van der Waals surface area contributed by atoms with Crippen molar-refractivity contribution in [2.24, 2.45) is 9.98 Å². The number of pyridine rings is 2. The Hall–Kier alpha value is -7.16. The molecule has 70 heavy (non-hydrogen) atoms. The van der Waals surface area contributed by atoms with Crippen LogP contribution in [0.1, 0.15) is 77.5 Å². The Morgan fingerprint density at radius 2 is 1.14 bits per heavy atom. The number of aromatic nitrogens is 2. The maximum atomic E-state index is 13.0. The zero-order valence-electron chi connectivity index (χ0n) is 37.5. The number of hydrogen-bond donors (Lipinski definition) is 2. The number of aldehydes is 1. The summed E-state index contributed by atoms with van der Waals surface area (Å²) < 4.78 is 80.7. The molecular weight excluding hydrogens is 932 g/mol. The second-order valence-electron chi connectivity index (χ2n) is 14.2. The number of fused-ring (bicyclic) bond motifs is 2. The largest absolute Gasteiger partial charge is 1.00 e. The van der Waals surface area contributed by atoms with Crippen LogP contribution in [0.25, 0.3) is 0 Å². The SMILES string of the molecule is C.CC(=O)OOC(C)=O.FC(F)(F)c1cccc(C2=Nc3c(cccc3NCc3cccnc3)C2)c1.Nc1cccc2c1N=C(c1cccc(C(F)(F)F)c1)C2.O=Cc1cccnc1.[B-]OC(C)=O.[Na+]. The number of nitrogens with two attached hydrogens (primary N) is 1. The molecule has 0 spiro atoms. The van der Waals surface area contributed by atoms with Crippen molar-refractivity contribution in [1.29, 1.82) is 0 Å². The van der Waals surface area contributed by atoms with Crippen molar-refractivity contribution < 1.29 is 89.5 Å². The van der Waals surface area contributed by atoms with Gasteiger partial charge >= 0.3 is 53.8 Å². The van der Waals surface area contributed by atoms with Crippen molar-refractivity contribution in [1.82, 2.24) is 9.97 Å². The van der Waals surface area contributed by atoms with Crippen LogP contribution in [-0.2, 0) is 60.6 Å². The molecule has 0 unspecified atom stereocenters. The molecule has 4 aromatic carbocycles. The predicted molar refractivity (Wildman–Crippen MR) is 249 cm³/mol. The van der Waals surface area contributed by atoms with Gasteiger partial charge in [-0.25, -0.2) is 19.4 Å². The molecule has 13 nitrogen and oxygen atoms in total. The van der Waals surface area contributed by atoms with Gasteiger partial charge in [-0.1, -0.05) is 62.0 Å². The summed E-state index contributed by atoms with van der Waals surface area (Å²) in [6.07, 6.45) is -0.268. The molecule has 2 aliphatic rings. The van der Waals surface area contributed by atoms with E-state index < -0.39 is 41.4 Å². The van der Waals surface area contributed by atoms with Gasteiger partial charge in [-0.15, -0.1) is 0 Å². The molecule has 3 N–H and O–H groups in total. The van der Waals surface area contributed by atoms with Crippen LogP contribution in [0.4, 0.5) is 49.1 Å². The summed E-state index contributed by atoms with van der Waals surface area (Å²) in [4.78, 5) is 63.6. The summed E-state index contributed by atoms with van der Waals surface area (Å²) in [5.41, 5.74) is 13.2. The molecule has 6 aromatic rings. The first-order valence-corrected chi connectivity index (χ1v) is 20.0. The number of hydrogen-bond acceptors (Lipinski definition) is 13. The van der Waals surface area contributed by atoms with E-state index in [0.717, 1.165) is 72.5 Å². The van der Waals surface area contributed by atoms with E-state index in [4.69, 9.17) is 5.73 Å². The van der Waals surface area contributed by atoms with E-state index in [1.165, 1.54) is 25.3 Å². The normalized spacial score (nSPS) is 11.5. The fourth-order valence-electron chi connectivity index (χ4n) is 5.95. The summed E-state index contributed by atoms with van der Waals surface area (Å²) in [7, 11) is 4.32. The van der Waals surface area contributed by atoms with Crippen LogP contribution >= 0.6 is 0 Å². The number of aliphatic imine (C=N–C) groups is 2. The quantitative estimate of drug-likeness (QED) is 0.0420. The van der Waals surface area contributed by atoms with Gasteiger partial charge in [0.2, 0.25) is 5.97 Å². The molecule has 4 heterocycles. The van der Waals surface area contributed by atoms with Gasteiger partial charge in [-0.3, -0.25) is 29.5 Å². The monoisotopic (exact) mass is 977 g/mol. The first kappa shape index (κ1) is 59.0. The van der Waals surface area contributed by atoms with Gasteiger partial charge in [0.05, 0.1) is 45.3 Å². The summed E-state index contributed by atoms with van der Waals surface area (Å²) >= 11 is 0. The number of nitrogens with one attached hydrogen (secondary N) is 1. The molecule has 0 amide bonds. The smallest absolute Gasteiger partial charge is 0.793 e. The average Bonchev–Trinajstić information content (AvgIpc) is 3.98. The number of halogens is 6. The molecule has 0 atom stereocenters. The Morgan fingerprint density at radius 3 is 1.56 bits per heavy atom. The molecule has 0 aliphatic carbocycles. The number of carbonyl (C=O) groups is 4. The maximum Gasteiger partial charge on any atom is 1.00 e. The Morgan fingerprint density at radius 1 is 0.671 bits per heavy atom. The number of benzene rings is 4. The molecular formula is C49H45BF6N6NaO7. The minimum absolute atomic E-state index is 0. The minimum atomic E-state index is -4.36.